The van der Waals surface area contributed by atoms with E-state index in [1.807, 2.05) is 0 Å². The normalized spacial score (nSPS) is 12.4. The molecule has 5 nitrogen and oxygen atoms in total. The van der Waals surface area contributed by atoms with Crippen LogP contribution in [-0.2, 0) is 19.1 Å². The van der Waals surface area contributed by atoms with Gasteiger partial charge in [-0.25, -0.2) is 0 Å². The Morgan fingerprint density at radius 2 is 0.769 bits per heavy atom. The molecule has 0 rings (SSSR count). The molecule has 0 heterocycles. The van der Waals surface area contributed by atoms with Crippen LogP contribution in [-0.4, -0.2) is 36.4 Å². The van der Waals surface area contributed by atoms with Crippen LogP contribution < -0.4 is 0 Å². The van der Waals surface area contributed by atoms with Crippen LogP contribution in [0.4, 0.5) is 0 Å². The maximum atomic E-state index is 12.2. The van der Waals surface area contributed by atoms with Crippen LogP contribution in [0.25, 0.3) is 0 Å². The largest absolute Gasteiger partial charge is 0.462 e. The molecule has 52 heavy (non-hydrogen) atoms. The Bertz CT molecular complexity index is 832. The molecule has 0 bridgehead atoms. The Kier molecular flexibility index (Phi) is 42.0. The van der Waals surface area contributed by atoms with Gasteiger partial charge in [0.25, 0.3) is 0 Å². The number of hydrogen-bond acceptors (Lipinski definition) is 5. The molecule has 0 aromatic carbocycles. The number of carbonyl (C=O) groups is 2. The van der Waals surface area contributed by atoms with Crippen LogP contribution in [0.3, 0.4) is 0 Å². The van der Waals surface area contributed by atoms with E-state index in [9.17, 15) is 14.7 Å². The summed E-state index contributed by atoms with van der Waals surface area (Å²) in [6, 6.07) is 0. The number of rotatable bonds is 41. The van der Waals surface area contributed by atoms with Crippen molar-refractivity contribution in [1.29, 1.82) is 0 Å². The van der Waals surface area contributed by atoms with Crippen LogP contribution in [0.1, 0.15) is 232 Å². The zero-order chi connectivity index (χ0) is 37.8. The zero-order valence-electron chi connectivity index (χ0n) is 34.6. The summed E-state index contributed by atoms with van der Waals surface area (Å²) in [5.41, 5.74) is 0. The summed E-state index contributed by atoms with van der Waals surface area (Å²) >= 11 is 0. The molecule has 304 valence electrons. The number of carbonyl (C=O) groups excluding carboxylic acids is 2. The minimum absolute atomic E-state index is 0.0640. The second-order valence-electron chi connectivity index (χ2n) is 15.1. The van der Waals surface area contributed by atoms with Gasteiger partial charge in [-0.15, -0.1) is 0 Å². The van der Waals surface area contributed by atoms with E-state index in [4.69, 9.17) is 9.47 Å². The number of aliphatic hydroxyl groups excluding tert-OH is 1. The number of aliphatic hydroxyl groups is 1. The van der Waals surface area contributed by atoms with Crippen LogP contribution >= 0.6 is 0 Å². The van der Waals surface area contributed by atoms with Gasteiger partial charge < -0.3 is 14.6 Å². The van der Waals surface area contributed by atoms with E-state index in [1.165, 1.54) is 154 Å². The van der Waals surface area contributed by atoms with Crippen LogP contribution in [0.2, 0.25) is 0 Å². The highest BCUT2D eigenvalue weighted by atomic mass is 16.6. The van der Waals surface area contributed by atoms with E-state index in [2.05, 4.69) is 50.3 Å². The molecular weight excluding hydrogens is 645 g/mol. The molecule has 0 radical (unpaired) electrons. The first kappa shape index (κ1) is 50.1. The highest BCUT2D eigenvalue weighted by Gasteiger charge is 2.16. The van der Waals surface area contributed by atoms with Gasteiger partial charge in [-0.1, -0.05) is 204 Å². The first-order valence-electron chi connectivity index (χ1n) is 22.5. The number of esters is 2. The highest BCUT2D eigenvalue weighted by Crippen LogP contribution is 2.15. The van der Waals surface area contributed by atoms with Crippen molar-refractivity contribution in [3.63, 3.8) is 0 Å². The lowest BCUT2D eigenvalue weighted by atomic mass is 10.0. The lowest BCUT2D eigenvalue weighted by Crippen LogP contribution is -2.28. The third-order valence-electron chi connectivity index (χ3n) is 9.94. The molecule has 0 saturated carbocycles. The second-order valence-corrected chi connectivity index (χ2v) is 15.1. The molecular formula is C47H86O5. The summed E-state index contributed by atoms with van der Waals surface area (Å²) in [7, 11) is 0. The number of allylic oxidation sites excluding steroid dienone is 6. The average molecular weight is 731 g/mol. The van der Waals surface area contributed by atoms with Crippen molar-refractivity contribution < 1.29 is 24.2 Å². The summed E-state index contributed by atoms with van der Waals surface area (Å²) < 4.78 is 10.6. The van der Waals surface area contributed by atoms with Crippen molar-refractivity contribution in [2.75, 3.05) is 13.2 Å². The van der Waals surface area contributed by atoms with E-state index in [0.29, 0.717) is 12.8 Å². The number of hydrogen-bond donors (Lipinski definition) is 1. The molecule has 5 heteroatoms. The number of unbranched alkanes of at least 4 members (excludes halogenated alkanes) is 27. The van der Waals surface area contributed by atoms with Gasteiger partial charge in [-0.2, -0.15) is 0 Å². The third kappa shape index (κ3) is 40.9. The fourth-order valence-electron chi connectivity index (χ4n) is 6.50. The molecule has 0 aliphatic carbocycles. The predicted octanol–water partition coefficient (Wildman–Crippen LogP) is 14.4. The fourth-order valence-corrected chi connectivity index (χ4v) is 6.50. The van der Waals surface area contributed by atoms with Gasteiger partial charge in [0.05, 0.1) is 6.61 Å². The lowest BCUT2D eigenvalue weighted by molar-refractivity contribution is -0.161. The van der Waals surface area contributed by atoms with Crippen molar-refractivity contribution in [3.05, 3.63) is 36.5 Å². The summed E-state index contributed by atoms with van der Waals surface area (Å²) in [6.07, 6.45) is 53.6. The summed E-state index contributed by atoms with van der Waals surface area (Å²) in [5, 5.41) is 9.58. The Hall–Kier alpha value is -1.88. The van der Waals surface area contributed by atoms with Gasteiger partial charge in [0.2, 0.25) is 0 Å². The molecule has 1 unspecified atom stereocenters. The molecule has 0 aromatic heterocycles. The Labute approximate surface area is 323 Å². The molecule has 0 aliphatic rings. The predicted molar refractivity (Wildman–Crippen MR) is 224 cm³/mol. The second kappa shape index (κ2) is 43.5. The van der Waals surface area contributed by atoms with Crippen LogP contribution in [0, 0.1) is 0 Å². The average Bonchev–Trinajstić information content (AvgIpc) is 3.15. The van der Waals surface area contributed by atoms with Crippen molar-refractivity contribution in [2.24, 2.45) is 0 Å². The molecule has 0 amide bonds. The Morgan fingerprint density at radius 1 is 0.442 bits per heavy atom. The van der Waals surface area contributed by atoms with Crippen LogP contribution in [0.5, 0.6) is 0 Å². The zero-order valence-corrected chi connectivity index (χ0v) is 34.6. The molecule has 0 saturated heterocycles. The van der Waals surface area contributed by atoms with Crippen molar-refractivity contribution in [2.45, 2.75) is 238 Å². The van der Waals surface area contributed by atoms with Gasteiger partial charge in [-0.05, 0) is 51.4 Å². The monoisotopic (exact) mass is 731 g/mol. The van der Waals surface area contributed by atoms with E-state index in [-0.39, 0.29) is 25.2 Å². The molecule has 0 aliphatic heterocycles. The minimum Gasteiger partial charge on any atom is -0.462 e. The first-order valence-corrected chi connectivity index (χ1v) is 22.5. The smallest absolute Gasteiger partial charge is 0.306 e. The first-order chi connectivity index (χ1) is 25.6. The van der Waals surface area contributed by atoms with Crippen molar-refractivity contribution in [1.82, 2.24) is 0 Å². The van der Waals surface area contributed by atoms with Gasteiger partial charge in [0.15, 0.2) is 6.10 Å². The summed E-state index contributed by atoms with van der Waals surface area (Å²) in [6.45, 7) is 4.14. The van der Waals surface area contributed by atoms with Gasteiger partial charge in [0.1, 0.15) is 6.61 Å². The van der Waals surface area contributed by atoms with E-state index in [1.54, 1.807) is 0 Å². The van der Waals surface area contributed by atoms with Gasteiger partial charge in [-0.3, -0.25) is 9.59 Å². The highest BCUT2D eigenvalue weighted by molar-refractivity contribution is 5.70. The summed E-state index contributed by atoms with van der Waals surface area (Å²) in [5.74, 6) is -0.587. The van der Waals surface area contributed by atoms with E-state index >= 15 is 0 Å². The number of ether oxygens (including phenoxy) is 2. The summed E-state index contributed by atoms with van der Waals surface area (Å²) in [4.78, 5) is 24.3. The molecule has 0 aromatic rings. The lowest BCUT2D eigenvalue weighted by Gasteiger charge is -2.15. The topological polar surface area (TPSA) is 72.8 Å². The standard InChI is InChI=1S/C47H86O5/c1-3-5-7-9-11-13-15-17-18-19-20-21-22-23-24-25-26-27-28-30-32-34-36-38-40-42-47(50)52-45(43-48)44-51-46(49)41-39-37-35-33-31-29-16-14-12-10-8-6-4-2/h15,17,19-20,22-23,45,48H,3-14,16,18,21,24-44H2,1-2H3/b17-15-,20-19-,23-22-. The molecule has 0 spiro atoms. The van der Waals surface area contributed by atoms with E-state index in [0.717, 1.165) is 51.4 Å². The van der Waals surface area contributed by atoms with Gasteiger partial charge in [0, 0.05) is 12.8 Å². The fraction of sp³-hybridized carbons (Fsp3) is 0.830. The molecule has 1 atom stereocenters. The minimum atomic E-state index is -0.770. The quantitative estimate of drug-likeness (QED) is 0.0385. The third-order valence-corrected chi connectivity index (χ3v) is 9.94. The Balaban J connectivity index is 3.51. The van der Waals surface area contributed by atoms with E-state index < -0.39 is 6.10 Å². The molecule has 1 N–H and O–H groups in total. The maximum absolute atomic E-state index is 12.2. The van der Waals surface area contributed by atoms with Crippen molar-refractivity contribution >= 4 is 11.9 Å². The van der Waals surface area contributed by atoms with Gasteiger partial charge >= 0.3 is 11.9 Å². The molecule has 0 fully saturated rings. The maximum Gasteiger partial charge on any atom is 0.306 e. The SMILES string of the molecule is CCCCCCC/C=C\C/C=C\C/C=C\CCCCCCCCCCCCC(=O)OC(CO)COC(=O)CCCCCCCCCCCCCCC. The van der Waals surface area contributed by atoms with Crippen molar-refractivity contribution in [3.8, 4) is 0 Å². The van der Waals surface area contributed by atoms with Crippen LogP contribution in [0.15, 0.2) is 36.5 Å². The Morgan fingerprint density at radius 3 is 1.15 bits per heavy atom.